The molecule has 0 spiro atoms. The van der Waals surface area contributed by atoms with Gasteiger partial charge in [-0.1, -0.05) is 0 Å². The molecule has 12 heteroatoms. The van der Waals surface area contributed by atoms with Crippen molar-refractivity contribution in [2.75, 3.05) is 0 Å². The maximum Gasteiger partial charge on any atom is 0.357 e. The molecular formula is C12H5Br2ClN4O3S2. The van der Waals surface area contributed by atoms with Crippen molar-refractivity contribution >= 4 is 87.0 Å². The number of imidazole rings is 2. The first-order chi connectivity index (χ1) is 11.4. The Balaban J connectivity index is 0.000000141. The van der Waals surface area contributed by atoms with Crippen molar-refractivity contribution in [2.45, 2.75) is 0 Å². The van der Waals surface area contributed by atoms with E-state index in [2.05, 4.69) is 41.8 Å². The van der Waals surface area contributed by atoms with E-state index in [1.807, 2.05) is 6.20 Å². The lowest BCUT2D eigenvalue weighted by molar-refractivity contribution is 0.0693. The van der Waals surface area contributed by atoms with Crippen LogP contribution in [-0.4, -0.2) is 35.1 Å². The second-order valence-electron chi connectivity index (χ2n) is 4.26. The molecule has 0 saturated carbocycles. The van der Waals surface area contributed by atoms with E-state index in [4.69, 9.17) is 16.7 Å². The zero-order valence-corrected chi connectivity index (χ0v) is 16.9. The highest BCUT2D eigenvalue weighted by atomic mass is 79.9. The van der Waals surface area contributed by atoms with Gasteiger partial charge in [-0.3, -0.25) is 13.6 Å². The van der Waals surface area contributed by atoms with Gasteiger partial charge in [0.05, 0.1) is 7.57 Å². The van der Waals surface area contributed by atoms with Crippen LogP contribution in [0.25, 0.3) is 9.66 Å². The van der Waals surface area contributed by atoms with Gasteiger partial charge in [-0.25, -0.2) is 14.8 Å². The Morgan fingerprint density at radius 3 is 1.92 bits per heavy atom. The average Bonchev–Trinajstić information content (AvgIpc) is 3.18. The Hall–Kier alpha value is -1.27. The molecule has 0 unspecified atom stereocenters. The van der Waals surface area contributed by atoms with Crippen molar-refractivity contribution in [3.8, 4) is 0 Å². The number of aromatic nitrogens is 4. The molecule has 0 fully saturated rings. The van der Waals surface area contributed by atoms with Crippen LogP contribution >= 0.6 is 66.1 Å². The summed E-state index contributed by atoms with van der Waals surface area (Å²) in [5.41, 5.74) is 0.415. The molecule has 124 valence electrons. The van der Waals surface area contributed by atoms with E-state index >= 15 is 0 Å². The number of hydrogen-bond donors (Lipinski definition) is 1. The van der Waals surface area contributed by atoms with Crippen LogP contribution in [0.5, 0.6) is 0 Å². The molecule has 4 aromatic rings. The van der Waals surface area contributed by atoms with Crippen LogP contribution < -0.4 is 0 Å². The molecule has 1 N–H and O–H groups in total. The third-order valence-electron chi connectivity index (χ3n) is 2.75. The number of rotatable bonds is 2. The van der Waals surface area contributed by atoms with Gasteiger partial charge in [0.15, 0.2) is 11.4 Å². The molecule has 4 aromatic heterocycles. The lowest BCUT2D eigenvalue weighted by Crippen LogP contribution is -1.95. The van der Waals surface area contributed by atoms with Gasteiger partial charge in [-0.05, 0) is 43.5 Å². The highest BCUT2D eigenvalue weighted by Gasteiger charge is 2.14. The van der Waals surface area contributed by atoms with E-state index < -0.39 is 11.2 Å². The summed E-state index contributed by atoms with van der Waals surface area (Å²) in [6.07, 6.45) is 6.65. The van der Waals surface area contributed by atoms with Crippen molar-refractivity contribution in [3.05, 3.63) is 44.0 Å². The fraction of sp³-hybridized carbons (Fsp3) is 0. The third-order valence-corrected chi connectivity index (χ3v) is 6.11. The van der Waals surface area contributed by atoms with Crippen molar-refractivity contribution in [2.24, 2.45) is 0 Å². The minimum atomic E-state index is -0.994. The van der Waals surface area contributed by atoms with Crippen molar-refractivity contribution in [1.29, 1.82) is 0 Å². The molecule has 7 nitrogen and oxygen atoms in total. The van der Waals surface area contributed by atoms with Crippen LogP contribution in [0.15, 0.2) is 32.6 Å². The molecular weight excluding hydrogens is 508 g/mol. The molecule has 0 bridgehead atoms. The van der Waals surface area contributed by atoms with Gasteiger partial charge >= 0.3 is 5.97 Å². The molecule has 4 heterocycles. The van der Waals surface area contributed by atoms with Crippen molar-refractivity contribution in [1.82, 2.24) is 18.8 Å². The van der Waals surface area contributed by atoms with Gasteiger partial charge in [-0.2, -0.15) is 0 Å². The lowest BCUT2D eigenvalue weighted by atomic mass is 10.5. The number of carbonyl (C=O) groups excluding carboxylic acids is 1. The van der Waals surface area contributed by atoms with E-state index in [1.165, 1.54) is 29.0 Å². The van der Waals surface area contributed by atoms with E-state index in [0.29, 0.717) is 10.5 Å². The molecule has 0 atom stereocenters. The molecule has 0 aliphatic rings. The Labute approximate surface area is 163 Å². The monoisotopic (exact) mass is 510 g/mol. The minimum absolute atomic E-state index is 0.103. The molecule has 4 rings (SSSR count). The van der Waals surface area contributed by atoms with Crippen LogP contribution in [0.4, 0.5) is 0 Å². The fourth-order valence-electron chi connectivity index (χ4n) is 1.82. The summed E-state index contributed by atoms with van der Waals surface area (Å²) in [4.78, 5) is 30.4. The maximum atomic E-state index is 10.8. The molecule has 0 saturated heterocycles. The molecule has 0 aliphatic carbocycles. The van der Waals surface area contributed by atoms with Crippen LogP contribution in [0.3, 0.4) is 0 Å². The zero-order valence-electron chi connectivity index (χ0n) is 11.3. The van der Waals surface area contributed by atoms with Gasteiger partial charge in [-0.15, -0.1) is 22.7 Å². The van der Waals surface area contributed by atoms with Gasteiger partial charge in [0.1, 0.15) is 22.3 Å². The first kappa shape index (κ1) is 17.5. The number of hydrogen-bond acceptors (Lipinski definition) is 6. The summed E-state index contributed by atoms with van der Waals surface area (Å²) in [5.74, 6) is -0.994. The van der Waals surface area contributed by atoms with E-state index in [9.17, 15) is 9.59 Å². The number of carboxylic acid groups (broad SMARTS) is 1. The highest BCUT2D eigenvalue weighted by Crippen LogP contribution is 2.26. The third kappa shape index (κ3) is 3.40. The molecule has 0 aromatic carbocycles. The number of halogens is 3. The van der Waals surface area contributed by atoms with Gasteiger partial charge < -0.3 is 5.11 Å². The summed E-state index contributed by atoms with van der Waals surface area (Å²) in [6.45, 7) is 0. The van der Waals surface area contributed by atoms with Crippen LogP contribution in [0.1, 0.15) is 21.0 Å². The number of thiazole rings is 2. The predicted molar refractivity (Wildman–Crippen MR) is 98.7 cm³/mol. The largest absolute Gasteiger partial charge is 0.476 e. The summed E-state index contributed by atoms with van der Waals surface area (Å²) >= 11 is 14.7. The molecule has 24 heavy (non-hydrogen) atoms. The second kappa shape index (κ2) is 6.92. The second-order valence-corrected chi connectivity index (χ2v) is 9.42. The smallest absolute Gasteiger partial charge is 0.357 e. The van der Waals surface area contributed by atoms with Gasteiger partial charge in [0.2, 0.25) is 0 Å². The SMILES string of the molecule is O=C(Cl)c1ncn2cc(Br)sc12.O=C(O)c1ncn2cc(Br)sc12. The van der Waals surface area contributed by atoms with Gasteiger partial charge in [0, 0.05) is 12.4 Å². The quantitative estimate of drug-likeness (QED) is 0.403. The standard InChI is InChI=1S/C6H2BrClN2OS.C6H3BrN2O2S/c7-3-1-10-2-9-4(5(8)11)6(10)12-3;7-3-1-9-2-8-4(6(10)11)5(9)12-3/h1-2H;1-2H,(H,10,11). The summed E-state index contributed by atoms with van der Waals surface area (Å²) in [6, 6.07) is 0. The lowest BCUT2D eigenvalue weighted by Gasteiger charge is -1.82. The summed E-state index contributed by atoms with van der Waals surface area (Å²) in [5, 5.41) is 8.18. The number of nitrogens with zero attached hydrogens (tertiary/aromatic N) is 4. The molecule has 0 radical (unpaired) electrons. The number of carbonyl (C=O) groups is 2. The van der Waals surface area contributed by atoms with Crippen LogP contribution in [0, 0.1) is 0 Å². The molecule has 0 amide bonds. The number of carboxylic acids is 1. The normalized spacial score (nSPS) is 10.8. The van der Waals surface area contributed by atoms with Gasteiger partial charge in [0.25, 0.3) is 5.24 Å². The van der Waals surface area contributed by atoms with Crippen molar-refractivity contribution < 1.29 is 14.7 Å². The summed E-state index contributed by atoms with van der Waals surface area (Å²) in [7, 11) is 0. The van der Waals surface area contributed by atoms with E-state index in [-0.39, 0.29) is 5.69 Å². The molecule has 0 aliphatic heterocycles. The topological polar surface area (TPSA) is 89.0 Å². The zero-order chi connectivity index (χ0) is 17.4. The minimum Gasteiger partial charge on any atom is -0.476 e. The summed E-state index contributed by atoms with van der Waals surface area (Å²) < 4.78 is 5.27. The number of aromatic carboxylic acids is 1. The van der Waals surface area contributed by atoms with E-state index in [1.54, 1.807) is 21.3 Å². The Morgan fingerprint density at radius 1 is 1.00 bits per heavy atom. The average molecular weight is 513 g/mol. The number of fused-ring (bicyclic) bond motifs is 2. The fourth-order valence-corrected chi connectivity index (χ4v) is 4.97. The maximum absolute atomic E-state index is 10.8. The van der Waals surface area contributed by atoms with Crippen molar-refractivity contribution in [3.63, 3.8) is 0 Å². The Morgan fingerprint density at radius 2 is 1.46 bits per heavy atom. The van der Waals surface area contributed by atoms with Crippen LogP contribution in [-0.2, 0) is 0 Å². The Kier molecular flexibility index (Phi) is 5.06. The highest BCUT2D eigenvalue weighted by molar-refractivity contribution is 9.11. The Bertz CT molecular complexity index is 983. The predicted octanol–water partition coefficient (Wildman–Crippen LogP) is 4.39. The first-order valence-corrected chi connectivity index (χ1v) is 9.63. The first-order valence-electron chi connectivity index (χ1n) is 6.04. The van der Waals surface area contributed by atoms with E-state index in [0.717, 1.165) is 12.4 Å². The van der Waals surface area contributed by atoms with Crippen LogP contribution in [0.2, 0.25) is 0 Å².